The first kappa shape index (κ1) is 25.4. The van der Waals surface area contributed by atoms with Gasteiger partial charge < -0.3 is 20.6 Å². The molecule has 0 bridgehead atoms. The Balaban J connectivity index is 0.00000625. The fourth-order valence-electron chi connectivity index (χ4n) is 2.81. The molecule has 0 aromatic rings. The molecule has 8 heteroatoms. The van der Waals surface area contributed by atoms with Crippen molar-refractivity contribution >= 4 is 35.8 Å². The Morgan fingerprint density at radius 1 is 1.15 bits per heavy atom. The minimum absolute atomic E-state index is 0. The summed E-state index contributed by atoms with van der Waals surface area (Å²) >= 11 is 0. The molecule has 0 aromatic carbocycles. The van der Waals surface area contributed by atoms with Gasteiger partial charge in [0, 0.05) is 38.8 Å². The molecule has 1 heterocycles. The van der Waals surface area contributed by atoms with Crippen LogP contribution in [0.15, 0.2) is 4.99 Å². The van der Waals surface area contributed by atoms with E-state index < -0.39 is 5.60 Å². The van der Waals surface area contributed by atoms with E-state index >= 15 is 0 Å². The summed E-state index contributed by atoms with van der Waals surface area (Å²) in [6.45, 7) is 15.0. The number of carbonyl (C=O) groups is 1. The predicted molar refractivity (Wildman–Crippen MR) is 118 cm³/mol. The van der Waals surface area contributed by atoms with Crippen LogP contribution in [-0.2, 0) is 4.79 Å². The van der Waals surface area contributed by atoms with E-state index in [2.05, 4.69) is 25.4 Å². The summed E-state index contributed by atoms with van der Waals surface area (Å²) in [5.74, 6) is 0.939. The van der Waals surface area contributed by atoms with Gasteiger partial charge in [0.1, 0.15) is 0 Å². The number of rotatable bonds is 8. The molecule has 0 spiro atoms. The maximum absolute atomic E-state index is 11.9. The highest BCUT2D eigenvalue weighted by Gasteiger charge is 2.24. The largest absolute Gasteiger partial charge is 0.388 e. The summed E-state index contributed by atoms with van der Waals surface area (Å²) < 4.78 is 0. The predicted octanol–water partition coefficient (Wildman–Crippen LogP) is 1.26. The molecule has 0 aliphatic carbocycles. The zero-order valence-electron chi connectivity index (χ0n) is 17.0. The van der Waals surface area contributed by atoms with Gasteiger partial charge in [0.25, 0.3) is 0 Å². The number of guanidine groups is 1. The van der Waals surface area contributed by atoms with Crippen LogP contribution in [0, 0.1) is 0 Å². The molecule has 0 aromatic heterocycles. The van der Waals surface area contributed by atoms with E-state index in [0.717, 1.165) is 38.7 Å². The average Bonchev–Trinajstić information content (AvgIpc) is 2.58. The summed E-state index contributed by atoms with van der Waals surface area (Å²) in [7, 11) is 0. The molecule has 1 aliphatic rings. The number of hydrogen-bond donors (Lipinski definition) is 3. The number of hydrogen-bond acceptors (Lipinski definition) is 4. The number of nitrogens with zero attached hydrogens (tertiary/aromatic N) is 3. The molecule has 1 fully saturated rings. The van der Waals surface area contributed by atoms with Crippen molar-refractivity contribution in [2.24, 2.45) is 4.99 Å². The first-order valence-electron chi connectivity index (χ1n) is 9.60. The molecule has 26 heavy (non-hydrogen) atoms. The van der Waals surface area contributed by atoms with Crippen LogP contribution >= 0.6 is 24.0 Å². The number of halogens is 1. The Morgan fingerprint density at radius 2 is 1.73 bits per heavy atom. The number of aliphatic hydroxyl groups is 1. The van der Waals surface area contributed by atoms with Crippen molar-refractivity contribution in [1.82, 2.24) is 20.4 Å². The Labute approximate surface area is 176 Å². The SMILES string of the molecule is CCNC(=NCC(O)(CC)CC)N1CCN(CC(=O)NC(C)C)CC1.I. The number of aliphatic imine (C=N–C) groups is 1. The fraction of sp³-hybridized carbons (Fsp3) is 0.889. The van der Waals surface area contributed by atoms with Gasteiger partial charge in [-0.15, -0.1) is 24.0 Å². The van der Waals surface area contributed by atoms with Gasteiger partial charge in [-0.05, 0) is 33.6 Å². The van der Waals surface area contributed by atoms with Crippen molar-refractivity contribution < 1.29 is 9.90 Å². The van der Waals surface area contributed by atoms with Crippen molar-refractivity contribution in [3.63, 3.8) is 0 Å². The van der Waals surface area contributed by atoms with Gasteiger partial charge in [0.05, 0.1) is 18.7 Å². The Kier molecular flexibility index (Phi) is 12.4. The van der Waals surface area contributed by atoms with Crippen LogP contribution in [0.2, 0.25) is 0 Å². The quantitative estimate of drug-likeness (QED) is 0.275. The van der Waals surface area contributed by atoms with Crippen LogP contribution in [0.3, 0.4) is 0 Å². The van der Waals surface area contributed by atoms with E-state index in [9.17, 15) is 9.90 Å². The normalized spacial score (nSPS) is 16.4. The van der Waals surface area contributed by atoms with E-state index in [4.69, 9.17) is 0 Å². The molecule has 7 nitrogen and oxygen atoms in total. The molecule has 154 valence electrons. The Hall–Kier alpha value is -0.610. The van der Waals surface area contributed by atoms with Crippen LogP contribution in [0.25, 0.3) is 0 Å². The Bertz CT molecular complexity index is 433. The molecule has 0 radical (unpaired) electrons. The standard InChI is InChI=1S/C18H37N5O2.HI/c1-6-18(25,7-2)14-20-17(19-8-3)23-11-9-22(10-12-23)13-16(24)21-15(4)5;/h15,25H,6-14H2,1-5H3,(H,19,20)(H,21,24);1H. The molecule has 1 saturated heterocycles. The van der Waals surface area contributed by atoms with E-state index in [1.807, 2.05) is 34.6 Å². The topological polar surface area (TPSA) is 80.2 Å². The molecule has 1 amide bonds. The lowest BCUT2D eigenvalue weighted by molar-refractivity contribution is -0.123. The van der Waals surface area contributed by atoms with Crippen molar-refractivity contribution in [3.8, 4) is 0 Å². The summed E-state index contributed by atoms with van der Waals surface area (Å²) in [6.07, 6.45) is 1.40. The van der Waals surface area contributed by atoms with Gasteiger partial charge in [-0.2, -0.15) is 0 Å². The number of amides is 1. The van der Waals surface area contributed by atoms with Gasteiger partial charge >= 0.3 is 0 Å². The molecule has 1 aliphatic heterocycles. The molecule has 0 saturated carbocycles. The van der Waals surface area contributed by atoms with E-state index in [-0.39, 0.29) is 35.9 Å². The summed E-state index contributed by atoms with van der Waals surface area (Å²) in [5.41, 5.74) is -0.725. The first-order chi connectivity index (χ1) is 11.8. The summed E-state index contributed by atoms with van der Waals surface area (Å²) in [4.78, 5) is 20.9. The molecule has 0 unspecified atom stereocenters. The van der Waals surface area contributed by atoms with Crippen molar-refractivity contribution in [1.29, 1.82) is 0 Å². The van der Waals surface area contributed by atoms with Crippen LogP contribution in [0.4, 0.5) is 0 Å². The second-order valence-electron chi connectivity index (χ2n) is 7.09. The highest BCUT2D eigenvalue weighted by atomic mass is 127. The number of nitrogens with one attached hydrogen (secondary N) is 2. The zero-order valence-corrected chi connectivity index (χ0v) is 19.4. The lowest BCUT2D eigenvalue weighted by Crippen LogP contribution is -2.54. The van der Waals surface area contributed by atoms with E-state index in [0.29, 0.717) is 25.9 Å². The van der Waals surface area contributed by atoms with E-state index in [1.54, 1.807) is 0 Å². The van der Waals surface area contributed by atoms with Crippen LogP contribution in [0.5, 0.6) is 0 Å². The third kappa shape index (κ3) is 8.85. The maximum Gasteiger partial charge on any atom is 0.234 e. The Morgan fingerprint density at radius 3 is 2.19 bits per heavy atom. The highest BCUT2D eigenvalue weighted by Crippen LogP contribution is 2.15. The summed E-state index contributed by atoms with van der Waals surface area (Å²) in [6, 6.07) is 0.178. The third-order valence-electron chi connectivity index (χ3n) is 4.66. The van der Waals surface area contributed by atoms with Crippen LogP contribution < -0.4 is 10.6 Å². The zero-order chi connectivity index (χ0) is 18.9. The summed E-state index contributed by atoms with van der Waals surface area (Å²) in [5, 5.41) is 16.7. The van der Waals surface area contributed by atoms with Gasteiger partial charge in [0.15, 0.2) is 5.96 Å². The molecular weight excluding hydrogens is 445 g/mol. The maximum atomic E-state index is 11.9. The van der Waals surface area contributed by atoms with Crippen LogP contribution in [-0.4, -0.2) is 84.2 Å². The first-order valence-corrected chi connectivity index (χ1v) is 9.60. The smallest absolute Gasteiger partial charge is 0.234 e. The van der Waals surface area contributed by atoms with E-state index in [1.165, 1.54) is 0 Å². The second-order valence-corrected chi connectivity index (χ2v) is 7.09. The third-order valence-corrected chi connectivity index (χ3v) is 4.66. The number of piperazine rings is 1. The lowest BCUT2D eigenvalue weighted by Gasteiger charge is -2.36. The molecular formula is C18H38IN5O2. The monoisotopic (exact) mass is 483 g/mol. The fourth-order valence-corrected chi connectivity index (χ4v) is 2.81. The minimum atomic E-state index is -0.725. The molecule has 1 rings (SSSR count). The van der Waals surface area contributed by atoms with Crippen molar-refractivity contribution in [2.75, 3.05) is 45.8 Å². The lowest BCUT2D eigenvalue weighted by atomic mass is 9.98. The van der Waals surface area contributed by atoms with Gasteiger partial charge in [-0.1, -0.05) is 13.8 Å². The molecule has 3 N–H and O–H groups in total. The van der Waals surface area contributed by atoms with Crippen molar-refractivity contribution in [2.45, 2.75) is 59.1 Å². The minimum Gasteiger partial charge on any atom is -0.388 e. The second kappa shape index (κ2) is 12.7. The highest BCUT2D eigenvalue weighted by molar-refractivity contribution is 14.0. The molecule has 0 atom stereocenters. The van der Waals surface area contributed by atoms with Gasteiger partial charge in [0.2, 0.25) is 5.91 Å². The van der Waals surface area contributed by atoms with Crippen LogP contribution in [0.1, 0.15) is 47.5 Å². The number of carbonyl (C=O) groups excluding carboxylic acids is 1. The van der Waals surface area contributed by atoms with Gasteiger partial charge in [-0.3, -0.25) is 14.7 Å². The average molecular weight is 483 g/mol. The van der Waals surface area contributed by atoms with Gasteiger partial charge in [-0.25, -0.2) is 0 Å². The van der Waals surface area contributed by atoms with Crippen molar-refractivity contribution in [3.05, 3.63) is 0 Å².